The van der Waals surface area contributed by atoms with Crippen LogP contribution in [0.15, 0.2) is 46.9 Å². The van der Waals surface area contributed by atoms with Crippen LogP contribution in [0.25, 0.3) is 0 Å². The van der Waals surface area contributed by atoms with Crippen LogP contribution in [0, 0.1) is 5.82 Å². The van der Waals surface area contributed by atoms with Gasteiger partial charge in [0.05, 0.1) is 5.69 Å². The highest BCUT2D eigenvalue weighted by molar-refractivity contribution is 9.10. The molecule has 1 unspecified atom stereocenters. The van der Waals surface area contributed by atoms with E-state index in [0.29, 0.717) is 10.7 Å². The molecule has 0 saturated heterocycles. The molecular formula is C14H12BrClFN. The zero-order chi connectivity index (χ0) is 13.1. The largest absolute Gasteiger partial charge is 0.376 e. The number of rotatable bonds is 3. The number of hydrogen-bond donors (Lipinski definition) is 1. The topological polar surface area (TPSA) is 12.0 Å². The lowest BCUT2D eigenvalue weighted by molar-refractivity contribution is 0.626. The van der Waals surface area contributed by atoms with Crippen molar-refractivity contribution < 1.29 is 4.39 Å². The van der Waals surface area contributed by atoms with Crippen LogP contribution < -0.4 is 5.32 Å². The van der Waals surface area contributed by atoms with E-state index in [1.54, 1.807) is 12.1 Å². The van der Waals surface area contributed by atoms with Crippen molar-refractivity contribution in [2.75, 3.05) is 5.32 Å². The molecule has 0 fully saturated rings. The lowest BCUT2D eigenvalue weighted by Crippen LogP contribution is -2.07. The molecule has 0 spiro atoms. The van der Waals surface area contributed by atoms with Crippen LogP contribution in [-0.2, 0) is 0 Å². The Morgan fingerprint density at radius 1 is 1.17 bits per heavy atom. The van der Waals surface area contributed by atoms with Crippen LogP contribution in [0.4, 0.5) is 10.1 Å². The maximum absolute atomic E-state index is 13.7. The van der Waals surface area contributed by atoms with E-state index in [4.69, 9.17) is 11.6 Å². The molecule has 94 valence electrons. The summed E-state index contributed by atoms with van der Waals surface area (Å²) in [4.78, 5) is 0. The van der Waals surface area contributed by atoms with Crippen molar-refractivity contribution in [3.8, 4) is 0 Å². The number of halogens is 3. The van der Waals surface area contributed by atoms with Crippen LogP contribution in [0.5, 0.6) is 0 Å². The van der Waals surface area contributed by atoms with Crippen LogP contribution in [-0.4, -0.2) is 0 Å². The third kappa shape index (κ3) is 3.24. The molecule has 0 saturated carbocycles. The molecule has 1 atom stereocenters. The summed E-state index contributed by atoms with van der Waals surface area (Å²) in [6.07, 6.45) is 0. The van der Waals surface area contributed by atoms with Crippen molar-refractivity contribution in [3.63, 3.8) is 0 Å². The SMILES string of the molecule is CC(Nc1ccc(Br)cc1F)c1ccc(Cl)cc1. The highest BCUT2D eigenvalue weighted by Gasteiger charge is 2.08. The zero-order valence-corrected chi connectivity index (χ0v) is 12.1. The number of benzene rings is 2. The van der Waals surface area contributed by atoms with E-state index in [9.17, 15) is 4.39 Å². The van der Waals surface area contributed by atoms with Gasteiger partial charge in [-0.2, -0.15) is 0 Å². The summed E-state index contributed by atoms with van der Waals surface area (Å²) in [6, 6.07) is 12.5. The average molecular weight is 329 g/mol. The lowest BCUT2D eigenvalue weighted by Gasteiger charge is -2.16. The molecule has 2 aromatic carbocycles. The minimum Gasteiger partial charge on any atom is -0.376 e. The first-order chi connectivity index (χ1) is 8.56. The highest BCUT2D eigenvalue weighted by atomic mass is 79.9. The monoisotopic (exact) mass is 327 g/mol. The van der Waals surface area contributed by atoms with Crippen molar-refractivity contribution >= 4 is 33.2 Å². The minimum absolute atomic E-state index is 0.0120. The molecule has 0 aliphatic rings. The molecule has 0 aromatic heterocycles. The molecule has 0 bridgehead atoms. The second-order valence-corrected chi connectivity index (χ2v) is 5.39. The van der Waals surface area contributed by atoms with Crippen LogP contribution >= 0.6 is 27.5 Å². The lowest BCUT2D eigenvalue weighted by atomic mass is 10.1. The number of hydrogen-bond acceptors (Lipinski definition) is 1. The van der Waals surface area contributed by atoms with Gasteiger partial charge in [0, 0.05) is 15.5 Å². The van der Waals surface area contributed by atoms with Gasteiger partial charge < -0.3 is 5.32 Å². The Morgan fingerprint density at radius 2 is 1.83 bits per heavy atom. The predicted molar refractivity (Wildman–Crippen MR) is 77.6 cm³/mol. The first-order valence-electron chi connectivity index (χ1n) is 5.53. The Kier molecular flexibility index (Phi) is 4.25. The molecule has 0 radical (unpaired) electrons. The third-order valence-electron chi connectivity index (χ3n) is 2.67. The van der Waals surface area contributed by atoms with E-state index in [-0.39, 0.29) is 11.9 Å². The fourth-order valence-corrected chi connectivity index (χ4v) is 2.13. The molecule has 1 nitrogen and oxygen atoms in total. The summed E-state index contributed by atoms with van der Waals surface area (Å²) >= 11 is 9.07. The van der Waals surface area contributed by atoms with Gasteiger partial charge >= 0.3 is 0 Å². The van der Waals surface area contributed by atoms with Crippen molar-refractivity contribution in [1.29, 1.82) is 0 Å². The smallest absolute Gasteiger partial charge is 0.147 e. The number of nitrogens with one attached hydrogen (secondary N) is 1. The van der Waals surface area contributed by atoms with Gasteiger partial charge in [-0.25, -0.2) is 4.39 Å². The molecule has 18 heavy (non-hydrogen) atoms. The molecule has 0 aliphatic heterocycles. The fraction of sp³-hybridized carbons (Fsp3) is 0.143. The van der Waals surface area contributed by atoms with E-state index in [1.165, 1.54) is 6.07 Å². The van der Waals surface area contributed by atoms with Crippen molar-refractivity contribution in [2.45, 2.75) is 13.0 Å². The maximum atomic E-state index is 13.7. The third-order valence-corrected chi connectivity index (χ3v) is 3.42. The molecule has 2 aromatic rings. The Balaban J connectivity index is 2.15. The standard InChI is InChI=1S/C14H12BrClFN/c1-9(10-2-5-12(16)6-3-10)18-14-7-4-11(15)8-13(14)17/h2-9,18H,1H3. The van der Waals surface area contributed by atoms with E-state index >= 15 is 0 Å². The summed E-state index contributed by atoms with van der Waals surface area (Å²) in [5, 5.41) is 3.83. The van der Waals surface area contributed by atoms with Gasteiger partial charge in [0.15, 0.2) is 0 Å². The Labute approximate surface area is 119 Å². The zero-order valence-electron chi connectivity index (χ0n) is 9.75. The average Bonchev–Trinajstić information content (AvgIpc) is 2.33. The molecule has 0 aliphatic carbocycles. The van der Waals surface area contributed by atoms with Crippen molar-refractivity contribution in [3.05, 3.63) is 63.3 Å². The van der Waals surface area contributed by atoms with E-state index < -0.39 is 0 Å². The van der Waals surface area contributed by atoms with E-state index in [0.717, 1.165) is 10.0 Å². The predicted octanol–water partition coefficient (Wildman–Crippen LogP) is 5.41. The molecule has 1 N–H and O–H groups in total. The molecular weight excluding hydrogens is 317 g/mol. The molecule has 0 heterocycles. The summed E-state index contributed by atoms with van der Waals surface area (Å²) in [5.41, 5.74) is 1.54. The van der Waals surface area contributed by atoms with Crippen LogP contribution in [0.1, 0.15) is 18.5 Å². The highest BCUT2D eigenvalue weighted by Crippen LogP contribution is 2.24. The van der Waals surface area contributed by atoms with Gasteiger partial charge in [-0.3, -0.25) is 0 Å². The van der Waals surface area contributed by atoms with E-state index in [2.05, 4.69) is 21.2 Å². The second-order valence-electron chi connectivity index (χ2n) is 4.04. The molecule has 2 rings (SSSR count). The maximum Gasteiger partial charge on any atom is 0.147 e. The van der Waals surface area contributed by atoms with Gasteiger partial charge in [-0.1, -0.05) is 39.7 Å². The number of anilines is 1. The van der Waals surface area contributed by atoms with Gasteiger partial charge in [-0.15, -0.1) is 0 Å². The normalized spacial score (nSPS) is 12.2. The first kappa shape index (κ1) is 13.4. The molecule has 0 amide bonds. The van der Waals surface area contributed by atoms with Crippen molar-refractivity contribution in [1.82, 2.24) is 0 Å². The van der Waals surface area contributed by atoms with Crippen molar-refractivity contribution in [2.24, 2.45) is 0 Å². The Hall–Kier alpha value is -1.06. The van der Waals surface area contributed by atoms with Crippen LogP contribution in [0.3, 0.4) is 0 Å². The van der Waals surface area contributed by atoms with Gasteiger partial charge in [0.1, 0.15) is 5.82 Å². The first-order valence-corrected chi connectivity index (χ1v) is 6.70. The quantitative estimate of drug-likeness (QED) is 0.794. The summed E-state index contributed by atoms with van der Waals surface area (Å²) < 4.78 is 14.4. The summed E-state index contributed by atoms with van der Waals surface area (Å²) in [5.74, 6) is -0.273. The van der Waals surface area contributed by atoms with Gasteiger partial charge in [0.2, 0.25) is 0 Å². The van der Waals surface area contributed by atoms with Gasteiger partial charge in [0.25, 0.3) is 0 Å². The van der Waals surface area contributed by atoms with Gasteiger partial charge in [-0.05, 0) is 42.8 Å². The summed E-state index contributed by atoms with van der Waals surface area (Å²) in [6.45, 7) is 1.98. The van der Waals surface area contributed by atoms with Crippen LogP contribution in [0.2, 0.25) is 5.02 Å². The molecule has 4 heteroatoms. The second kappa shape index (κ2) is 5.72. The summed E-state index contributed by atoms with van der Waals surface area (Å²) in [7, 11) is 0. The fourth-order valence-electron chi connectivity index (χ4n) is 1.67. The Bertz CT molecular complexity index is 542. The van der Waals surface area contributed by atoms with E-state index in [1.807, 2.05) is 31.2 Å². The minimum atomic E-state index is -0.273. The Morgan fingerprint density at radius 3 is 2.44 bits per heavy atom.